The zero-order valence-corrected chi connectivity index (χ0v) is 11.0. The van der Waals surface area contributed by atoms with Crippen molar-refractivity contribution in [1.82, 2.24) is 14.8 Å². The number of halogens is 3. The van der Waals surface area contributed by atoms with E-state index < -0.39 is 17.6 Å². The predicted molar refractivity (Wildman–Crippen MR) is 69.2 cm³/mol. The lowest BCUT2D eigenvalue weighted by molar-refractivity contribution is -0.137. The van der Waals surface area contributed by atoms with Gasteiger partial charge in [0, 0.05) is 5.69 Å². The molecule has 0 unspecified atom stereocenters. The van der Waals surface area contributed by atoms with E-state index in [1.165, 1.54) is 17.1 Å². The maximum Gasteiger partial charge on any atom is 0.416 e. The summed E-state index contributed by atoms with van der Waals surface area (Å²) in [6, 6.07) is 3.15. The Morgan fingerprint density at radius 1 is 1.43 bits per heavy atom. The summed E-state index contributed by atoms with van der Waals surface area (Å²) in [5, 5.41) is 6.13. The quantitative estimate of drug-likeness (QED) is 0.905. The maximum absolute atomic E-state index is 12.6. The lowest BCUT2D eigenvalue weighted by Gasteiger charge is -2.12. The van der Waals surface area contributed by atoms with Gasteiger partial charge in [-0.15, -0.1) is 5.10 Å². The van der Waals surface area contributed by atoms with Crippen LogP contribution in [-0.4, -0.2) is 20.7 Å². The second kappa shape index (κ2) is 5.43. The number of nitrogens with two attached hydrogens (primary N) is 1. The predicted octanol–water partition coefficient (Wildman–Crippen LogP) is 1.83. The third kappa shape index (κ3) is 3.71. The average Bonchev–Trinajstić information content (AvgIpc) is 2.76. The van der Waals surface area contributed by atoms with Crippen LogP contribution in [0.1, 0.15) is 11.1 Å². The van der Waals surface area contributed by atoms with Gasteiger partial charge in [-0.1, -0.05) is 6.07 Å². The standard InChI is InChI=1S/C12H12F3N5O/c1-7-2-3-8(12(13,14)15)4-9(7)18-10(21)5-20-6-17-11(16)19-20/h2-4,6H,5H2,1H3,(H2,16,19)(H,18,21). The summed E-state index contributed by atoms with van der Waals surface area (Å²) < 4.78 is 39.1. The molecule has 112 valence electrons. The summed E-state index contributed by atoms with van der Waals surface area (Å²) in [5.74, 6) is -0.514. The van der Waals surface area contributed by atoms with Crippen LogP contribution in [0.25, 0.3) is 0 Å². The van der Waals surface area contributed by atoms with E-state index in [1.807, 2.05) is 0 Å². The number of rotatable bonds is 3. The van der Waals surface area contributed by atoms with Crippen LogP contribution in [0.5, 0.6) is 0 Å². The molecule has 0 aliphatic rings. The number of hydrogen-bond acceptors (Lipinski definition) is 4. The molecule has 1 aromatic heterocycles. The molecule has 0 radical (unpaired) electrons. The summed E-state index contributed by atoms with van der Waals surface area (Å²) in [5.41, 5.74) is 5.10. The van der Waals surface area contributed by atoms with Crippen LogP contribution in [-0.2, 0) is 17.5 Å². The van der Waals surface area contributed by atoms with E-state index in [1.54, 1.807) is 6.92 Å². The van der Waals surface area contributed by atoms with Gasteiger partial charge in [-0.2, -0.15) is 13.2 Å². The monoisotopic (exact) mass is 299 g/mol. The summed E-state index contributed by atoms with van der Waals surface area (Å²) in [7, 11) is 0. The smallest absolute Gasteiger partial charge is 0.367 e. The van der Waals surface area contributed by atoms with Gasteiger partial charge in [0.1, 0.15) is 12.9 Å². The molecule has 2 rings (SSSR count). The minimum Gasteiger partial charge on any atom is -0.367 e. The van der Waals surface area contributed by atoms with Crippen LogP contribution in [0.4, 0.5) is 24.8 Å². The van der Waals surface area contributed by atoms with Gasteiger partial charge < -0.3 is 11.1 Å². The Kier molecular flexibility index (Phi) is 3.83. The first-order chi connectivity index (χ1) is 9.75. The third-order valence-corrected chi connectivity index (χ3v) is 2.70. The minimum absolute atomic E-state index is 0.0121. The van der Waals surface area contributed by atoms with E-state index in [-0.39, 0.29) is 18.2 Å². The fourth-order valence-corrected chi connectivity index (χ4v) is 1.66. The number of carbonyl (C=O) groups excluding carboxylic acids is 1. The molecule has 6 nitrogen and oxygen atoms in total. The van der Waals surface area contributed by atoms with E-state index >= 15 is 0 Å². The van der Waals surface area contributed by atoms with Crippen molar-refractivity contribution in [1.29, 1.82) is 0 Å². The fraction of sp³-hybridized carbons (Fsp3) is 0.250. The summed E-state index contributed by atoms with van der Waals surface area (Å²) in [4.78, 5) is 15.4. The van der Waals surface area contributed by atoms with E-state index in [0.29, 0.717) is 5.56 Å². The molecule has 0 bridgehead atoms. The van der Waals surface area contributed by atoms with Crippen LogP contribution in [0, 0.1) is 6.92 Å². The Bertz CT molecular complexity index is 665. The SMILES string of the molecule is Cc1ccc(C(F)(F)F)cc1NC(=O)Cn1cnc(N)n1. The average molecular weight is 299 g/mol. The highest BCUT2D eigenvalue weighted by atomic mass is 19.4. The molecule has 0 saturated heterocycles. The Hall–Kier alpha value is -2.58. The van der Waals surface area contributed by atoms with Gasteiger partial charge in [0.05, 0.1) is 5.56 Å². The van der Waals surface area contributed by atoms with Gasteiger partial charge in [0.2, 0.25) is 11.9 Å². The van der Waals surface area contributed by atoms with Crippen molar-refractivity contribution in [2.75, 3.05) is 11.1 Å². The number of aromatic nitrogens is 3. The zero-order chi connectivity index (χ0) is 15.6. The van der Waals surface area contributed by atoms with Crippen molar-refractivity contribution < 1.29 is 18.0 Å². The second-order valence-electron chi connectivity index (χ2n) is 4.38. The summed E-state index contributed by atoms with van der Waals surface area (Å²) in [6.07, 6.45) is -3.21. The van der Waals surface area contributed by atoms with Crippen molar-refractivity contribution in [2.45, 2.75) is 19.6 Å². The van der Waals surface area contributed by atoms with Crippen LogP contribution in [0.3, 0.4) is 0 Å². The Morgan fingerprint density at radius 3 is 2.71 bits per heavy atom. The van der Waals surface area contributed by atoms with Gasteiger partial charge in [-0.25, -0.2) is 9.67 Å². The van der Waals surface area contributed by atoms with Gasteiger partial charge >= 0.3 is 6.18 Å². The van der Waals surface area contributed by atoms with Crippen molar-refractivity contribution in [2.24, 2.45) is 0 Å². The summed E-state index contributed by atoms with van der Waals surface area (Å²) in [6.45, 7) is 1.41. The van der Waals surface area contributed by atoms with Crippen LogP contribution >= 0.6 is 0 Å². The van der Waals surface area contributed by atoms with Crippen molar-refractivity contribution in [3.8, 4) is 0 Å². The van der Waals surface area contributed by atoms with Crippen molar-refractivity contribution in [3.05, 3.63) is 35.7 Å². The van der Waals surface area contributed by atoms with Crippen molar-refractivity contribution >= 4 is 17.5 Å². The molecular formula is C12H12F3N5O. The number of nitrogens with zero attached hydrogens (tertiary/aromatic N) is 3. The lowest BCUT2D eigenvalue weighted by atomic mass is 10.1. The molecule has 0 atom stereocenters. The zero-order valence-electron chi connectivity index (χ0n) is 11.0. The Morgan fingerprint density at radius 2 is 2.14 bits per heavy atom. The number of carbonyl (C=O) groups is 1. The van der Waals surface area contributed by atoms with Crippen LogP contribution in [0.2, 0.25) is 0 Å². The van der Waals surface area contributed by atoms with E-state index in [9.17, 15) is 18.0 Å². The van der Waals surface area contributed by atoms with E-state index in [0.717, 1.165) is 12.1 Å². The normalized spacial score (nSPS) is 11.4. The number of benzene rings is 1. The molecule has 0 fully saturated rings. The molecule has 0 saturated carbocycles. The molecule has 0 aliphatic heterocycles. The number of nitrogens with one attached hydrogen (secondary N) is 1. The summed E-state index contributed by atoms with van der Waals surface area (Å²) >= 11 is 0. The van der Waals surface area contributed by atoms with Gasteiger partial charge in [0.15, 0.2) is 0 Å². The lowest BCUT2D eigenvalue weighted by Crippen LogP contribution is -2.20. The molecule has 1 amide bonds. The molecule has 2 aromatic rings. The maximum atomic E-state index is 12.6. The molecular weight excluding hydrogens is 287 g/mol. The molecule has 3 N–H and O–H groups in total. The molecule has 0 spiro atoms. The van der Waals surface area contributed by atoms with Crippen molar-refractivity contribution in [3.63, 3.8) is 0 Å². The first kappa shape index (κ1) is 14.8. The molecule has 0 aliphatic carbocycles. The highest BCUT2D eigenvalue weighted by molar-refractivity contribution is 5.91. The minimum atomic E-state index is -4.46. The van der Waals surface area contributed by atoms with E-state index in [4.69, 9.17) is 5.73 Å². The van der Waals surface area contributed by atoms with Gasteiger partial charge in [0.25, 0.3) is 0 Å². The number of nitrogen functional groups attached to an aromatic ring is 1. The number of aryl methyl sites for hydroxylation is 1. The molecule has 1 aromatic carbocycles. The van der Waals surface area contributed by atoms with E-state index in [2.05, 4.69) is 15.4 Å². The first-order valence-corrected chi connectivity index (χ1v) is 5.88. The second-order valence-corrected chi connectivity index (χ2v) is 4.38. The van der Waals surface area contributed by atoms with Gasteiger partial charge in [-0.05, 0) is 24.6 Å². The first-order valence-electron chi connectivity index (χ1n) is 5.88. The highest BCUT2D eigenvalue weighted by Gasteiger charge is 2.30. The Labute approximate surface area is 117 Å². The highest BCUT2D eigenvalue weighted by Crippen LogP contribution is 2.32. The molecule has 21 heavy (non-hydrogen) atoms. The largest absolute Gasteiger partial charge is 0.416 e. The number of hydrogen-bond donors (Lipinski definition) is 2. The topological polar surface area (TPSA) is 85.8 Å². The Balaban J connectivity index is 2.13. The van der Waals surface area contributed by atoms with Crippen LogP contribution in [0.15, 0.2) is 24.5 Å². The molecule has 1 heterocycles. The number of alkyl halides is 3. The number of anilines is 2. The van der Waals surface area contributed by atoms with Crippen LogP contribution < -0.4 is 11.1 Å². The van der Waals surface area contributed by atoms with Gasteiger partial charge in [-0.3, -0.25) is 4.79 Å². The third-order valence-electron chi connectivity index (χ3n) is 2.70. The molecule has 9 heteroatoms. The number of amides is 1. The fourth-order valence-electron chi connectivity index (χ4n) is 1.66.